The summed E-state index contributed by atoms with van der Waals surface area (Å²) < 4.78 is 5.40. The Bertz CT molecular complexity index is 1370. The van der Waals surface area contributed by atoms with Gasteiger partial charge in [0.25, 0.3) is 5.91 Å². The second-order valence-electron chi connectivity index (χ2n) is 11.6. The second kappa shape index (κ2) is 12.8. The molecule has 0 aliphatic carbocycles. The fourth-order valence-corrected chi connectivity index (χ4v) is 4.73. The van der Waals surface area contributed by atoms with Crippen LogP contribution in [-0.4, -0.2) is 45.7 Å². The number of carbonyl (C=O) groups excluding carboxylic acids is 3. The Morgan fingerprint density at radius 3 is 2.20 bits per heavy atom. The van der Waals surface area contributed by atoms with E-state index in [9.17, 15) is 14.4 Å². The van der Waals surface area contributed by atoms with E-state index in [1.807, 2.05) is 94.4 Å². The van der Waals surface area contributed by atoms with Crippen LogP contribution in [0, 0.1) is 6.92 Å². The van der Waals surface area contributed by atoms with Crippen LogP contribution in [0.4, 0.5) is 10.5 Å². The number of benzene rings is 3. The van der Waals surface area contributed by atoms with Crippen LogP contribution in [0.2, 0.25) is 0 Å². The number of nitrogens with one attached hydrogen (secondary N) is 2. The Labute approximate surface area is 243 Å². The van der Waals surface area contributed by atoms with Gasteiger partial charge in [-0.3, -0.25) is 9.59 Å². The van der Waals surface area contributed by atoms with E-state index in [1.54, 1.807) is 25.7 Å². The minimum absolute atomic E-state index is 0.0290. The molecule has 3 aromatic carbocycles. The summed E-state index contributed by atoms with van der Waals surface area (Å²) in [7, 11) is 0. The molecule has 0 aromatic heterocycles. The molecule has 0 aliphatic heterocycles. The molecule has 7 nitrogen and oxygen atoms in total. The molecule has 0 saturated heterocycles. The normalized spacial score (nSPS) is 13.3. The topological polar surface area (TPSA) is 87.7 Å². The molecule has 2 atom stereocenters. The van der Waals surface area contributed by atoms with Crippen molar-refractivity contribution in [3.8, 4) is 0 Å². The van der Waals surface area contributed by atoms with Gasteiger partial charge < -0.3 is 20.3 Å². The van der Waals surface area contributed by atoms with Crippen molar-refractivity contribution in [1.29, 1.82) is 0 Å². The van der Waals surface area contributed by atoms with Gasteiger partial charge in [-0.15, -0.1) is 0 Å². The molecular formula is C32H41N3O4S. The number of nitrogens with zero attached hydrogens (tertiary/aromatic N) is 1. The van der Waals surface area contributed by atoms with E-state index in [-0.39, 0.29) is 11.7 Å². The number of hydrogen-bond donors (Lipinski definition) is 3. The molecular weight excluding hydrogens is 522 g/mol. The maximum Gasteiger partial charge on any atom is 0.408 e. The summed E-state index contributed by atoms with van der Waals surface area (Å²) in [5.74, 6) is -0.750. The molecule has 2 unspecified atom stereocenters. The van der Waals surface area contributed by atoms with Crippen LogP contribution in [0.15, 0.2) is 66.7 Å². The largest absolute Gasteiger partial charge is 0.444 e. The van der Waals surface area contributed by atoms with Gasteiger partial charge in [-0.05, 0) is 76.4 Å². The van der Waals surface area contributed by atoms with Crippen LogP contribution in [0.3, 0.4) is 0 Å². The number of rotatable bonds is 9. The summed E-state index contributed by atoms with van der Waals surface area (Å²) in [5, 5.41) is 7.77. The summed E-state index contributed by atoms with van der Waals surface area (Å²) in [4.78, 5) is 42.6. The van der Waals surface area contributed by atoms with Gasteiger partial charge in [0.1, 0.15) is 17.7 Å². The first-order valence-corrected chi connectivity index (χ1v) is 14.2. The van der Waals surface area contributed by atoms with E-state index in [0.29, 0.717) is 17.7 Å². The van der Waals surface area contributed by atoms with E-state index in [1.165, 1.54) is 0 Å². The predicted molar refractivity (Wildman–Crippen MR) is 165 cm³/mol. The Hall–Kier alpha value is -3.52. The molecule has 3 aromatic rings. The first-order valence-electron chi connectivity index (χ1n) is 13.6. The third-order valence-electron chi connectivity index (χ3n) is 6.81. The van der Waals surface area contributed by atoms with E-state index < -0.39 is 35.2 Å². The summed E-state index contributed by atoms with van der Waals surface area (Å²) >= 11 is 4.38. The lowest BCUT2D eigenvalue weighted by molar-refractivity contribution is -0.147. The number of carbonyl (C=O) groups is 3. The fraction of sp³-hybridized carbons (Fsp3) is 0.406. The van der Waals surface area contributed by atoms with Gasteiger partial charge in [0.15, 0.2) is 0 Å². The number of alkyl carbamates (subject to hydrolysis) is 1. The lowest BCUT2D eigenvalue weighted by atomic mass is 9.91. The number of thiol groups is 1. The zero-order valence-corrected chi connectivity index (χ0v) is 25.3. The molecule has 0 aliphatic rings. The SMILES string of the molecule is CCC(C)(C)N(C(=O)C(CS)NC(=O)OC(C)(C)C)C(C(=O)Nc1ccc2ccccc2c1)c1cccc(C)c1. The Kier molecular flexibility index (Phi) is 9.90. The third kappa shape index (κ3) is 7.78. The third-order valence-corrected chi connectivity index (χ3v) is 7.17. The molecule has 0 radical (unpaired) electrons. The van der Waals surface area contributed by atoms with Gasteiger partial charge in [-0.1, -0.05) is 67.1 Å². The van der Waals surface area contributed by atoms with E-state index in [0.717, 1.165) is 16.3 Å². The quantitative estimate of drug-likeness (QED) is 0.254. The maximum absolute atomic E-state index is 14.2. The van der Waals surface area contributed by atoms with Crippen LogP contribution < -0.4 is 10.6 Å². The molecule has 0 heterocycles. The van der Waals surface area contributed by atoms with Crippen molar-refractivity contribution in [1.82, 2.24) is 10.2 Å². The highest BCUT2D eigenvalue weighted by molar-refractivity contribution is 7.80. The average molecular weight is 564 g/mol. The molecule has 0 saturated carbocycles. The van der Waals surface area contributed by atoms with Gasteiger partial charge in [-0.25, -0.2) is 4.79 Å². The number of anilines is 1. The number of aryl methyl sites for hydroxylation is 1. The molecule has 3 amide bonds. The van der Waals surface area contributed by atoms with Gasteiger partial charge >= 0.3 is 6.09 Å². The Morgan fingerprint density at radius 1 is 0.925 bits per heavy atom. The standard InChI is InChI=1S/C32H41N3O4S/c1-8-32(6,7)35(29(37)26(20-40)34-30(38)39-31(3,4)5)27(24-15-11-12-21(2)18-24)28(36)33-25-17-16-22-13-9-10-14-23(22)19-25/h9-19,26-27,40H,8,20H2,1-7H3,(H,33,36)(H,34,38). The minimum Gasteiger partial charge on any atom is -0.444 e. The number of amides is 3. The molecule has 3 rings (SSSR count). The highest BCUT2D eigenvalue weighted by Gasteiger charge is 2.43. The zero-order chi connectivity index (χ0) is 29.7. The van der Waals surface area contributed by atoms with Crippen molar-refractivity contribution < 1.29 is 19.1 Å². The van der Waals surface area contributed by atoms with Crippen LogP contribution in [0.1, 0.15) is 65.1 Å². The summed E-state index contributed by atoms with van der Waals surface area (Å²) in [6.07, 6.45) is -0.155. The highest BCUT2D eigenvalue weighted by Crippen LogP contribution is 2.33. The summed E-state index contributed by atoms with van der Waals surface area (Å²) in [6.45, 7) is 13.0. The second-order valence-corrected chi connectivity index (χ2v) is 12.0. The zero-order valence-electron chi connectivity index (χ0n) is 24.4. The van der Waals surface area contributed by atoms with Gasteiger partial charge in [0, 0.05) is 17.0 Å². The molecule has 2 N–H and O–H groups in total. The Balaban J connectivity index is 2.06. The van der Waals surface area contributed by atoms with Crippen molar-refractivity contribution in [3.05, 3.63) is 77.9 Å². The van der Waals surface area contributed by atoms with Crippen molar-refractivity contribution in [3.63, 3.8) is 0 Å². The molecule has 40 heavy (non-hydrogen) atoms. The molecule has 214 valence electrons. The number of hydrogen-bond acceptors (Lipinski definition) is 5. The van der Waals surface area contributed by atoms with Crippen molar-refractivity contribution in [2.75, 3.05) is 11.1 Å². The van der Waals surface area contributed by atoms with Gasteiger partial charge in [0.05, 0.1) is 0 Å². The van der Waals surface area contributed by atoms with Gasteiger partial charge in [-0.2, -0.15) is 12.6 Å². The Morgan fingerprint density at radius 2 is 1.60 bits per heavy atom. The fourth-order valence-electron chi connectivity index (χ4n) is 4.48. The lowest BCUT2D eigenvalue weighted by Crippen LogP contribution is -2.59. The van der Waals surface area contributed by atoms with Crippen molar-refractivity contribution in [2.45, 2.75) is 78.1 Å². The first-order chi connectivity index (χ1) is 18.8. The van der Waals surface area contributed by atoms with Crippen LogP contribution in [0.5, 0.6) is 0 Å². The van der Waals surface area contributed by atoms with Crippen LogP contribution in [0.25, 0.3) is 10.8 Å². The first kappa shape index (κ1) is 31.0. The van der Waals surface area contributed by atoms with Crippen molar-refractivity contribution >= 4 is 47.0 Å². The van der Waals surface area contributed by atoms with Crippen molar-refractivity contribution in [2.24, 2.45) is 0 Å². The van der Waals surface area contributed by atoms with E-state index >= 15 is 0 Å². The molecule has 0 bridgehead atoms. The van der Waals surface area contributed by atoms with Crippen LogP contribution in [-0.2, 0) is 14.3 Å². The monoisotopic (exact) mass is 563 g/mol. The smallest absolute Gasteiger partial charge is 0.408 e. The molecule has 0 spiro atoms. The highest BCUT2D eigenvalue weighted by atomic mass is 32.1. The minimum atomic E-state index is -1.01. The summed E-state index contributed by atoms with van der Waals surface area (Å²) in [5.41, 5.74) is 0.771. The predicted octanol–water partition coefficient (Wildman–Crippen LogP) is 6.67. The number of fused-ring (bicyclic) bond motifs is 1. The number of ether oxygens (including phenoxy) is 1. The maximum atomic E-state index is 14.2. The lowest BCUT2D eigenvalue weighted by Gasteiger charge is -2.44. The summed E-state index contributed by atoms with van der Waals surface area (Å²) in [6, 6.07) is 19.2. The molecule has 0 fully saturated rings. The molecule has 8 heteroatoms. The van der Waals surface area contributed by atoms with E-state index in [4.69, 9.17) is 4.74 Å². The average Bonchev–Trinajstić information content (AvgIpc) is 2.88. The van der Waals surface area contributed by atoms with Crippen LogP contribution >= 0.6 is 12.6 Å². The van der Waals surface area contributed by atoms with E-state index in [2.05, 4.69) is 23.3 Å². The van der Waals surface area contributed by atoms with Gasteiger partial charge in [0.2, 0.25) is 5.91 Å².